The lowest BCUT2D eigenvalue weighted by Gasteiger charge is -2.05. The van der Waals surface area contributed by atoms with Gasteiger partial charge in [0.25, 0.3) is 5.91 Å². The molecule has 0 aliphatic carbocycles. The molecule has 4 nitrogen and oxygen atoms in total. The van der Waals surface area contributed by atoms with Crippen LogP contribution in [0.15, 0.2) is 23.6 Å². The number of hydrogen-bond acceptors (Lipinski definition) is 4. The minimum atomic E-state index is -0.211. The highest BCUT2D eigenvalue weighted by Gasteiger charge is 2.09. The van der Waals surface area contributed by atoms with E-state index in [9.17, 15) is 4.79 Å². The van der Waals surface area contributed by atoms with Gasteiger partial charge in [0.15, 0.2) is 0 Å². The number of amides is 1. The number of rotatable bonds is 2. The molecular formula is C12H13N3OS. The van der Waals surface area contributed by atoms with Gasteiger partial charge in [0.2, 0.25) is 0 Å². The Bertz CT molecular complexity index is 563. The van der Waals surface area contributed by atoms with Crippen molar-refractivity contribution >= 4 is 28.6 Å². The predicted octanol–water partition coefficient (Wildman–Crippen LogP) is 2.59. The van der Waals surface area contributed by atoms with Crippen LogP contribution in [0, 0.1) is 13.8 Å². The molecule has 2 aromatic rings. The molecule has 2 rings (SSSR count). The third kappa shape index (κ3) is 2.62. The first-order valence-electron chi connectivity index (χ1n) is 5.16. The summed E-state index contributed by atoms with van der Waals surface area (Å²) in [5, 5.41) is 5.38. The van der Waals surface area contributed by atoms with Gasteiger partial charge >= 0.3 is 0 Å². The SMILES string of the molecule is Cc1nc(C(=O)Nc2ccc(C)c(N)c2)cs1. The lowest BCUT2D eigenvalue weighted by atomic mass is 10.2. The largest absolute Gasteiger partial charge is 0.398 e. The molecular weight excluding hydrogens is 234 g/mol. The fourth-order valence-corrected chi connectivity index (χ4v) is 1.97. The average molecular weight is 247 g/mol. The van der Waals surface area contributed by atoms with Crippen LogP contribution < -0.4 is 11.1 Å². The normalized spacial score (nSPS) is 10.2. The van der Waals surface area contributed by atoms with Gasteiger partial charge in [-0.15, -0.1) is 11.3 Å². The van der Waals surface area contributed by atoms with Gasteiger partial charge in [-0.2, -0.15) is 0 Å². The lowest BCUT2D eigenvalue weighted by molar-refractivity contribution is 0.102. The highest BCUT2D eigenvalue weighted by molar-refractivity contribution is 7.09. The number of nitrogen functional groups attached to an aromatic ring is 1. The first kappa shape index (κ1) is 11.6. The number of nitrogens with two attached hydrogens (primary N) is 1. The van der Waals surface area contributed by atoms with Gasteiger partial charge in [-0.05, 0) is 31.5 Å². The van der Waals surface area contributed by atoms with E-state index in [1.54, 1.807) is 11.4 Å². The molecule has 0 unspecified atom stereocenters. The summed E-state index contributed by atoms with van der Waals surface area (Å²) < 4.78 is 0. The zero-order valence-corrected chi connectivity index (χ0v) is 10.5. The van der Waals surface area contributed by atoms with E-state index in [0.717, 1.165) is 10.6 Å². The molecule has 0 radical (unpaired) electrons. The Kier molecular flexibility index (Phi) is 3.10. The second kappa shape index (κ2) is 4.55. The molecule has 1 aromatic heterocycles. The molecule has 0 saturated heterocycles. The molecule has 1 aromatic carbocycles. The van der Waals surface area contributed by atoms with E-state index < -0.39 is 0 Å². The van der Waals surface area contributed by atoms with E-state index in [1.165, 1.54) is 11.3 Å². The van der Waals surface area contributed by atoms with Crippen LogP contribution in [0.3, 0.4) is 0 Å². The number of carbonyl (C=O) groups excluding carboxylic acids is 1. The maximum atomic E-state index is 11.8. The zero-order chi connectivity index (χ0) is 12.4. The molecule has 3 N–H and O–H groups in total. The smallest absolute Gasteiger partial charge is 0.275 e. The van der Waals surface area contributed by atoms with Crippen LogP contribution in [0.4, 0.5) is 11.4 Å². The number of thiazole rings is 1. The van der Waals surface area contributed by atoms with E-state index in [0.29, 0.717) is 17.1 Å². The fraction of sp³-hybridized carbons (Fsp3) is 0.167. The van der Waals surface area contributed by atoms with Crippen LogP contribution in [0.1, 0.15) is 21.1 Å². The van der Waals surface area contributed by atoms with E-state index in [4.69, 9.17) is 5.73 Å². The van der Waals surface area contributed by atoms with E-state index >= 15 is 0 Å². The maximum Gasteiger partial charge on any atom is 0.275 e. The Morgan fingerprint density at radius 2 is 2.18 bits per heavy atom. The van der Waals surface area contributed by atoms with Crippen LogP contribution >= 0.6 is 11.3 Å². The summed E-state index contributed by atoms with van der Waals surface area (Å²) in [7, 11) is 0. The zero-order valence-electron chi connectivity index (χ0n) is 9.65. The lowest BCUT2D eigenvalue weighted by Crippen LogP contribution is -2.12. The fourth-order valence-electron chi connectivity index (χ4n) is 1.38. The summed E-state index contributed by atoms with van der Waals surface area (Å²) in [6.07, 6.45) is 0. The van der Waals surface area contributed by atoms with Crippen LogP contribution in [-0.2, 0) is 0 Å². The minimum Gasteiger partial charge on any atom is -0.398 e. The van der Waals surface area contributed by atoms with Crippen molar-refractivity contribution in [3.8, 4) is 0 Å². The first-order valence-corrected chi connectivity index (χ1v) is 6.04. The van der Waals surface area contributed by atoms with Crippen LogP contribution in [0.25, 0.3) is 0 Å². The second-order valence-corrected chi connectivity index (χ2v) is 4.84. The third-order valence-corrected chi connectivity index (χ3v) is 3.16. The van der Waals surface area contributed by atoms with Gasteiger partial charge in [0.05, 0.1) is 5.01 Å². The van der Waals surface area contributed by atoms with Crippen LogP contribution in [-0.4, -0.2) is 10.9 Å². The molecule has 1 amide bonds. The topological polar surface area (TPSA) is 68.0 Å². The highest BCUT2D eigenvalue weighted by atomic mass is 32.1. The second-order valence-electron chi connectivity index (χ2n) is 3.78. The van der Waals surface area contributed by atoms with Gasteiger partial charge in [0.1, 0.15) is 5.69 Å². The standard InChI is InChI=1S/C12H13N3OS/c1-7-3-4-9(5-10(7)13)15-12(16)11-6-17-8(2)14-11/h3-6H,13H2,1-2H3,(H,15,16). The highest BCUT2D eigenvalue weighted by Crippen LogP contribution is 2.18. The predicted molar refractivity (Wildman–Crippen MR) is 70.4 cm³/mol. The molecule has 17 heavy (non-hydrogen) atoms. The monoisotopic (exact) mass is 247 g/mol. The number of benzene rings is 1. The van der Waals surface area contributed by atoms with Crippen molar-refractivity contribution in [2.75, 3.05) is 11.1 Å². The van der Waals surface area contributed by atoms with Crippen molar-refractivity contribution in [2.45, 2.75) is 13.8 Å². The van der Waals surface area contributed by atoms with Crippen LogP contribution in [0.2, 0.25) is 0 Å². The Morgan fingerprint density at radius 3 is 2.76 bits per heavy atom. The number of nitrogens with one attached hydrogen (secondary N) is 1. The quantitative estimate of drug-likeness (QED) is 0.801. The molecule has 88 valence electrons. The number of anilines is 2. The van der Waals surface area contributed by atoms with Crippen molar-refractivity contribution in [1.82, 2.24) is 4.98 Å². The third-order valence-electron chi connectivity index (χ3n) is 2.39. The van der Waals surface area contributed by atoms with Crippen molar-refractivity contribution in [3.63, 3.8) is 0 Å². The number of carbonyl (C=O) groups is 1. The Morgan fingerprint density at radius 1 is 1.41 bits per heavy atom. The molecule has 0 atom stereocenters. The minimum absolute atomic E-state index is 0.211. The van der Waals surface area contributed by atoms with Gasteiger partial charge in [-0.25, -0.2) is 4.98 Å². The van der Waals surface area contributed by atoms with Gasteiger partial charge in [-0.1, -0.05) is 6.07 Å². The van der Waals surface area contributed by atoms with E-state index in [2.05, 4.69) is 10.3 Å². The number of nitrogens with zero attached hydrogens (tertiary/aromatic N) is 1. The van der Waals surface area contributed by atoms with Gasteiger partial charge in [-0.3, -0.25) is 4.79 Å². The molecule has 0 saturated carbocycles. The molecule has 5 heteroatoms. The molecule has 1 heterocycles. The average Bonchev–Trinajstić information content (AvgIpc) is 2.70. The van der Waals surface area contributed by atoms with Crippen molar-refractivity contribution in [3.05, 3.63) is 39.8 Å². The summed E-state index contributed by atoms with van der Waals surface area (Å²) in [6, 6.07) is 5.44. The summed E-state index contributed by atoms with van der Waals surface area (Å²) in [5.74, 6) is -0.211. The summed E-state index contributed by atoms with van der Waals surface area (Å²) in [6.45, 7) is 3.79. The van der Waals surface area contributed by atoms with E-state index in [1.807, 2.05) is 26.0 Å². The van der Waals surface area contributed by atoms with Crippen LogP contribution in [0.5, 0.6) is 0 Å². The van der Waals surface area contributed by atoms with Gasteiger partial charge in [0, 0.05) is 16.8 Å². The van der Waals surface area contributed by atoms with Crippen molar-refractivity contribution in [1.29, 1.82) is 0 Å². The summed E-state index contributed by atoms with van der Waals surface area (Å²) in [5.41, 5.74) is 8.55. The molecule has 0 aliphatic rings. The maximum absolute atomic E-state index is 11.8. The van der Waals surface area contributed by atoms with Crippen molar-refractivity contribution < 1.29 is 4.79 Å². The number of hydrogen-bond donors (Lipinski definition) is 2. The number of aryl methyl sites for hydroxylation is 2. The number of aromatic nitrogens is 1. The van der Waals surface area contributed by atoms with Crippen molar-refractivity contribution in [2.24, 2.45) is 0 Å². The van der Waals surface area contributed by atoms with Gasteiger partial charge < -0.3 is 11.1 Å². The molecule has 0 fully saturated rings. The molecule has 0 bridgehead atoms. The molecule has 0 aliphatic heterocycles. The Labute approximate surface area is 103 Å². The molecule has 0 spiro atoms. The summed E-state index contributed by atoms with van der Waals surface area (Å²) >= 11 is 1.45. The Hall–Kier alpha value is -1.88. The first-order chi connectivity index (χ1) is 8.06. The van der Waals surface area contributed by atoms with E-state index in [-0.39, 0.29) is 5.91 Å². The summed E-state index contributed by atoms with van der Waals surface area (Å²) in [4.78, 5) is 15.9. The Balaban J connectivity index is 2.15.